The Morgan fingerprint density at radius 3 is 2.68 bits per heavy atom. The number of aromatic nitrogens is 2. The summed E-state index contributed by atoms with van der Waals surface area (Å²) in [6, 6.07) is 5.18. The Labute approximate surface area is 117 Å². The molecule has 0 spiro atoms. The molecule has 7 heteroatoms. The summed E-state index contributed by atoms with van der Waals surface area (Å²) in [5.74, 6) is 0.606. The number of H-pyrrole nitrogens is 1. The molecule has 0 fully saturated rings. The number of hydrogen-bond donors (Lipinski definition) is 2. The fraction of sp³-hybridized carbons (Fsp3) is 0.417. The predicted octanol–water partition coefficient (Wildman–Crippen LogP) is 2.96. The van der Waals surface area contributed by atoms with Gasteiger partial charge in [-0.2, -0.15) is 5.10 Å². The van der Waals surface area contributed by atoms with Crippen molar-refractivity contribution in [2.45, 2.75) is 37.3 Å². The Kier molecular flexibility index (Phi) is 3.96. The van der Waals surface area contributed by atoms with Crippen LogP contribution in [-0.4, -0.2) is 18.6 Å². The lowest BCUT2D eigenvalue weighted by Gasteiger charge is -2.02. The maximum atomic E-state index is 12.2. The number of anilines is 1. The quantitative estimate of drug-likeness (QED) is 0.891. The van der Waals surface area contributed by atoms with Crippen molar-refractivity contribution in [3.8, 4) is 0 Å². The van der Waals surface area contributed by atoms with Crippen LogP contribution in [0.1, 0.15) is 37.3 Å². The van der Waals surface area contributed by atoms with Crippen LogP contribution in [0.15, 0.2) is 22.4 Å². The van der Waals surface area contributed by atoms with Crippen molar-refractivity contribution < 1.29 is 8.42 Å². The number of nitrogens with one attached hydrogen (secondary N) is 2. The van der Waals surface area contributed by atoms with E-state index in [-0.39, 0.29) is 5.92 Å². The fourth-order valence-corrected chi connectivity index (χ4v) is 3.85. The van der Waals surface area contributed by atoms with Crippen LogP contribution in [0, 0.1) is 0 Å². The van der Waals surface area contributed by atoms with Crippen LogP contribution in [-0.2, 0) is 16.4 Å². The fourth-order valence-electron chi connectivity index (χ4n) is 1.57. The van der Waals surface area contributed by atoms with Gasteiger partial charge in [0.2, 0.25) is 0 Å². The van der Waals surface area contributed by atoms with E-state index in [0.717, 1.165) is 17.0 Å². The molecule has 104 valence electrons. The zero-order valence-electron chi connectivity index (χ0n) is 11.1. The molecule has 0 amide bonds. The molecular weight excluding hydrogens is 282 g/mol. The largest absolute Gasteiger partial charge is 0.280 e. The first-order valence-corrected chi connectivity index (χ1v) is 8.39. The molecule has 0 aliphatic carbocycles. The van der Waals surface area contributed by atoms with E-state index in [2.05, 4.69) is 14.9 Å². The second-order valence-electron chi connectivity index (χ2n) is 4.54. The summed E-state index contributed by atoms with van der Waals surface area (Å²) in [6.45, 7) is 6.02. The van der Waals surface area contributed by atoms with Gasteiger partial charge in [-0.25, -0.2) is 8.42 Å². The molecule has 0 radical (unpaired) electrons. The maximum absolute atomic E-state index is 12.2. The Morgan fingerprint density at radius 2 is 2.16 bits per heavy atom. The topological polar surface area (TPSA) is 74.8 Å². The highest BCUT2D eigenvalue weighted by molar-refractivity contribution is 7.94. The minimum atomic E-state index is -3.53. The molecule has 2 rings (SSSR count). The second kappa shape index (κ2) is 5.34. The number of aryl methyl sites for hydroxylation is 1. The molecule has 2 aromatic heterocycles. The average Bonchev–Trinajstić information content (AvgIpc) is 2.96. The van der Waals surface area contributed by atoms with Crippen molar-refractivity contribution in [2.24, 2.45) is 0 Å². The molecule has 2 aromatic rings. The summed E-state index contributed by atoms with van der Waals surface area (Å²) in [5, 5.41) is 6.79. The smallest absolute Gasteiger partial charge is 0.272 e. The van der Waals surface area contributed by atoms with Crippen LogP contribution in [0.25, 0.3) is 0 Å². The molecule has 0 aliphatic rings. The SMILES string of the molecule is CCc1ccc(S(=O)(=O)Nc2cc(C(C)C)[nH]n2)s1. The van der Waals surface area contributed by atoms with Gasteiger partial charge < -0.3 is 0 Å². The molecule has 0 bridgehead atoms. The van der Waals surface area contributed by atoms with Gasteiger partial charge in [0.15, 0.2) is 5.82 Å². The average molecular weight is 299 g/mol. The lowest BCUT2D eigenvalue weighted by Crippen LogP contribution is -2.11. The number of hydrogen-bond acceptors (Lipinski definition) is 4. The highest BCUT2D eigenvalue weighted by atomic mass is 32.2. The Hall–Kier alpha value is -1.34. The van der Waals surface area contributed by atoms with Gasteiger partial charge in [-0.3, -0.25) is 9.82 Å². The molecule has 0 unspecified atom stereocenters. The third-order valence-corrected chi connectivity index (χ3v) is 5.79. The van der Waals surface area contributed by atoms with Crippen molar-refractivity contribution in [1.29, 1.82) is 0 Å². The zero-order chi connectivity index (χ0) is 14.0. The van der Waals surface area contributed by atoms with Gasteiger partial charge in [0.1, 0.15) is 4.21 Å². The minimum Gasteiger partial charge on any atom is -0.280 e. The zero-order valence-corrected chi connectivity index (χ0v) is 12.7. The summed E-state index contributed by atoms with van der Waals surface area (Å²) >= 11 is 1.28. The minimum absolute atomic E-state index is 0.277. The van der Waals surface area contributed by atoms with Gasteiger partial charge >= 0.3 is 0 Å². The Balaban J connectivity index is 2.20. The lowest BCUT2D eigenvalue weighted by molar-refractivity contribution is 0.603. The van der Waals surface area contributed by atoms with E-state index in [0.29, 0.717) is 10.0 Å². The van der Waals surface area contributed by atoms with Crippen molar-refractivity contribution in [1.82, 2.24) is 10.2 Å². The molecular formula is C12H17N3O2S2. The highest BCUT2D eigenvalue weighted by Gasteiger charge is 2.18. The molecule has 0 saturated carbocycles. The Morgan fingerprint density at radius 1 is 1.42 bits per heavy atom. The third-order valence-electron chi connectivity index (χ3n) is 2.71. The van der Waals surface area contributed by atoms with E-state index >= 15 is 0 Å². The van der Waals surface area contributed by atoms with Gasteiger partial charge in [-0.1, -0.05) is 20.8 Å². The van der Waals surface area contributed by atoms with Crippen molar-refractivity contribution in [3.63, 3.8) is 0 Å². The van der Waals surface area contributed by atoms with Gasteiger partial charge in [0.25, 0.3) is 10.0 Å². The molecule has 5 nitrogen and oxygen atoms in total. The molecule has 0 aromatic carbocycles. The first-order chi connectivity index (χ1) is 8.92. The summed E-state index contributed by atoms with van der Waals surface area (Å²) in [5.41, 5.74) is 0.901. The molecule has 2 heterocycles. The second-order valence-corrected chi connectivity index (χ2v) is 7.62. The van der Waals surface area contributed by atoms with Crippen LogP contribution in [0.2, 0.25) is 0 Å². The van der Waals surface area contributed by atoms with Crippen LogP contribution in [0.4, 0.5) is 5.82 Å². The van der Waals surface area contributed by atoms with Crippen LogP contribution in [0.5, 0.6) is 0 Å². The summed E-state index contributed by atoms with van der Waals surface area (Å²) < 4.78 is 27.1. The highest BCUT2D eigenvalue weighted by Crippen LogP contribution is 2.24. The van der Waals surface area contributed by atoms with E-state index in [9.17, 15) is 8.42 Å². The third kappa shape index (κ3) is 3.16. The number of thiophene rings is 1. The number of rotatable bonds is 5. The molecule has 0 saturated heterocycles. The predicted molar refractivity (Wildman–Crippen MR) is 77.2 cm³/mol. The van der Waals surface area contributed by atoms with Gasteiger partial charge in [-0.15, -0.1) is 11.3 Å². The van der Waals surface area contributed by atoms with E-state index < -0.39 is 10.0 Å². The van der Waals surface area contributed by atoms with Gasteiger partial charge in [0.05, 0.1) is 0 Å². The van der Waals surface area contributed by atoms with E-state index in [1.54, 1.807) is 12.1 Å². The summed E-state index contributed by atoms with van der Waals surface area (Å²) in [6.07, 6.45) is 0.833. The Bertz CT molecular complexity index is 656. The first-order valence-electron chi connectivity index (χ1n) is 6.09. The molecule has 0 atom stereocenters. The summed E-state index contributed by atoms with van der Waals surface area (Å²) in [7, 11) is -3.53. The number of sulfonamides is 1. The number of nitrogens with zero attached hydrogens (tertiary/aromatic N) is 1. The summed E-state index contributed by atoms with van der Waals surface area (Å²) in [4.78, 5) is 1.05. The standard InChI is InChI=1S/C12H17N3O2S2/c1-4-9-5-6-12(18-9)19(16,17)15-11-7-10(8(2)3)13-14-11/h5-8H,4H2,1-3H3,(H2,13,14,15). The van der Waals surface area contributed by atoms with Crippen molar-refractivity contribution in [3.05, 3.63) is 28.8 Å². The van der Waals surface area contributed by atoms with E-state index in [1.807, 2.05) is 26.8 Å². The van der Waals surface area contributed by atoms with Crippen LogP contribution >= 0.6 is 11.3 Å². The normalized spacial score (nSPS) is 12.0. The van der Waals surface area contributed by atoms with E-state index in [1.165, 1.54) is 11.3 Å². The number of aromatic amines is 1. The maximum Gasteiger partial charge on any atom is 0.272 e. The van der Waals surface area contributed by atoms with Crippen molar-refractivity contribution in [2.75, 3.05) is 4.72 Å². The van der Waals surface area contributed by atoms with Gasteiger partial charge in [0, 0.05) is 16.6 Å². The molecule has 0 aliphatic heterocycles. The molecule has 19 heavy (non-hydrogen) atoms. The van der Waals surface area contributed by atoms with Crippen LogP contribution < -0.4 is 4.72 Å². The van der Waals surface area contributed by atoms with Crippen LogP contribution in [0.3, 0.4) is 0 Å². The first kappa shape index (κ1) is 14.1. The lowest BCUT2D eigenvalue weighted by atomic mass is 10.1. The molecule has 2 N–H and O–H groups in total. The van der Waals surface area contributed by atoms with Crippen molar-refractivity contribution >= 4 is 27.2 Å². The van der Waals surface area contributed by atoms with E-state index in [4.69, 9.17) is 0 Å². The monoisotopic (exact) mass is 299 g/mol. The van der Waals surface area contributed by atoms with Gasteiger partial charge in [-0.05, 0) is 24.5 Å².